The van der Waals surface area contributed by atoms with Gasteiger partial charge in [0.1, 0.15) is 6.04 Å². The molecule has 0 radical (unpaired) electrons. The summed E-state index contributed by atoms with van der Waals surface area (Å²) in [6.07, 6.45) is -0.0799. The van der Waals surface area contributed by atoms with Crippen molar-refractivity contribution < 1.29 is 19.1 Å². The quantitative estimate of drug-likeness (QED) is 0.395. The second kappa shape index (κ2) is 9.98. The van der Waals surface area contributed by atoms with Gasteiger partial charge in [-0.15, -0.1) is 11.3 Å². The maximum atomic E-state index is 12.8. The maximum Gasteiger partial charge on any atom is 0.329 e. The molecule has 2 aromatic carbocycles. The third-order valence-electron chi connectivity index (χ3n) is 4.63. The second-order valence-corrected chi connectivity index (χ2v) is 7.96. The third kappa shape index (κ3) is 5.64. The lowest BCUT2D eigenvalue weighted by atomic mass is 10.0. The smallest absolute Gasteiger partial charge is 0.329 e. The Kier molecular flexibility index (Phi) is 7.14. The molecule has 1 aromatic heterocycles. The minimum absolute atomic E-state index is 0.0799. The van der Waals surface area contributed by atoms with Crippen molar-refractivity contribution in [3.63, 3.8) is 0 Å². The van der Waals surface area contributed by atoms with E-state index in [2.05, 4.69) is 5.32 Å². The Labute approximate surface area is 179 Å². The summed E-state index contributed by atoms with van der Waals surface area (Å²) >= 11 is 1.29. The fraction of sp³-hybridized carbons (Fsp3) is 0.208. The molecule has 0 aliphatic rings. The lowest BCUT2D eigenvalue weighted by molar-refractivity contribution is -0.143. The average Bonchev–Trinajstić information content (AvgIpc) is 3.29. The first-order valence-corrected chi connectivity index (χ1v) is 10.5. The molecular weight excluding hydrogens is 398 g/mol. The molecule has 0 fully saturated rings. The van der Waals surface area contributed by atoms with Crippen LogP contribution in [0.1, 0.15) is 37.6 Å². The van der Waals surface area contributed by atoms with Crippen LogP contribution in [0.25, 0.3) is 0 Å². The van der Waals surface area contributed by atoms with Crippen molar-refractivity contribution in [1.82, 2.24) is 0 Å². The van der Waals surface area contributed by atoms with Crippen LogP contribution in [0.15, 0.2) is 66.0 Å². The van der Waals surface area contributed by atoms with E-state index in [0.717, 1.165) is 16.8 Å². The molecule has 3 aromatic rings. The first kappa shape index (κ1) is 21.5. The molecule has 0 amide bonds. The van der Waals surface area contributed by atoms with E-state index in [0.29, 0.717) is 10.4 Å². The van der Waals surface area contributed by atoms with Gasteiger partial charge in [-0.25, -0.2) is 4.79 Å². The Morgan fingerprint density at radius 2 is 1.73 bits per heavy atom. The van der Waals surface area contributed by atoms with Crippen LogP contribution in [-0.2, 0) is 9.53 Å². The number of anilines is 1. The van der Waals surface area contributed by atoms with Crippen molar-refractivity contribution >= 4 is 34.6 Å². The molecule has 0 bridgehead atoms. The molecule has 3 rings (SSSR count). The molecular formula is C24H23NO4S. The van der Waals surface area contributed by atoms with Crippen LogP contribution in [0, 0.1) is 13.8 Å². The summed E-state index contributed by atoms with van der Waals surface area (Å²) in [5, 5.41) is 4.93. The molecule has 0 saturated carbocycles. The summed E-state index contributed by atoms with van der Waals surface area (Å²) < 4.78 is 5.27. The number of esters is 1. The standard InChI is InChI=1S/C24H23NO4S/c1-16-10-11-17(2)19(13-16)25-20(14-21(26)18-7-4-3-5-8-18)24(28)29-15-22(27)23-9-6-12-30-23/h3-13,20,25H,14-15H2,1-2H3/t20-/m0/s1. The highest BCUT2D eigenvalue weighted by molar-refractivity contribution is 7.12. The van der Waals surface area contributed by atoms with Gasteiger partial charge in [-0.1, -0.05) is 48.5 Å². The highest BCUT2D eigenvalue weighted by Gasteiger charge is 2.25. The van der Waals surface area contributed by atoms with Gasteiger partial charge in [0.15, 0.2) is 12.4 Å². The number of hydrogen-bond acceptors (Lipinski definition) is 6. The number of carbonyl (C=O) groups is 3. The Hall–Kier alpha value is -3.25. The average molecular weight is 422 g/mol. The van der Waals surface area contributed by atoms with Gasteiger partial charge < -0.3 is 10.1 Å². The van der Waals surface area contributed by atoms with Crippen LogP contribution in [0.2, 0.25) is 0 Å². The fourth-order valence-corrected chi connectivity index (χ4v) is 3.60. The zero-order chi connectivity index (χ0) is 21.5. The van der Waals surface area contributed by atoms with E-state index in [1.165, 1.54) is 11.3 Å². The summed E-state index contributed by atoms with van der Waals surface area (Å²) in [4.78, 5) is 38.2. The van der Waals surface area contributed by atoms with Gasteiger partial charge in [0, 0.05) is 17.7 Å². The number of ether oxygens (including phenoxy) is 1. The van der Waals surface area contributed by atoms with Crippen molar-refractivity contribution in [2.45, 2.75) is 26.3 Å². The highest BCUT2D eigenvalue weighted by atomic mass is 32.1. The van der Waals surface area contributed by atoms with Crippen LogP contribution in [0.3, 0.4) is 0 Å². The Bertz CT molecular complexity index is 1030. The normalized spacial score (nSPS) is 11.5. The number of thiophene rings is 1. The molecule has 5 nitrogen and oxygen atoms in total. The SMILES string of the molecule is Cc1ccc(C)c(N[C@@H](CC(=O)c2ccccc2)C(=O)OCC(=O)c2cccs2)c1. The summed E-state index contributed by atoms with van der Waals surface area (Å²) in [6, 6.07) is 17.2. The minimum atomic E-state index is -0.908. The molecule has 0 aliphatic carbocycles. The second-order valence-electron chi connectivity index (χ2n) is 7.02. The van der Waals surface area contributed by atoms with Gasteiger partial charge in [0.05, 0.1) is 4.88 Å². The number of carbonyl (C=O) groups excluding carboxylic acids is 3. The first-order chi connectivity index (χ1) is 14.4. The number of nitrogens with one attached hydrogen (secondary N) is 1. The third-order valence-corrected chi connectivity index (χ3v) is 5.55. The van der Waals surface area contributed by atoms with Gasteiger partial charge in [0.2, 0.25) is 5.78 Å². The van der Waals surface area contributed by atoms with Crippen molar-refractivity contribution in [3.8, 4) is 0 Å². The highest BCUT2D eigenvalue weighted by Crippen LogP contribution is 2.20. The van der Waals surface area contributed by atoms with E-state index in [-0.39, 0.29) is 24.6 Å². The predicted molar refractivity (Wildman–Crippen MR) is 118 cm³/mol. The number of Topliss-reactive ketones (excluding diaryl/α,β-unsaturated/α-hetero) is 2. The van der Waals surface area contributed by atoms with Gasteiger partial charge in [0.25, 0.3) is 0 Å². The molecule has 1 atom stereocenters. The zero-order valence-corrected chi connectivity index (χ0v) is 17.7. The number of hydrogen-bond donors (Lipinski definition) is 1. The lowest BCUT2D eigenvalue weighted by Crippen LogP contribution is -2.35. The van der Waals surface area contributed by atoms with Crippen LogP contribution < -0.4 is 5.32 Å². The van der Waals surface area contributed by atoms with E-state index >= 15 is 0 Å². The molecule has 0 saturated heterocycles. The van der Waals surface area contributed by atoms with E-state index in [1.54, 1.807) is 41.8 Å². The van der Waals surface area contributed by atoms with Crippen molar-refractivity contribution in [3.05, 3.63) is 87.6 Å². The lowest BCUT2D eigenvalue weighted by Gasteiger charge is -2.20. The zero-order valence-electron chi connectivity index (χ0n) is 16.9. The van der Waals surface area contributed by atoms with Crippen molar-refractivity contribution in [1.29, 1.82) is 0 Å². The van der Waals surface area contributed by atoms with Gasteiger partial charge in [-0.2, -0.15) is 0 Å². The van der Waals surface area contributed by atoms with Crippen LogP contribution in [0.5, 0.6) is 0 Å². The number of ketones is 2. The number of rotatable bonds is 9. The summed E-state index contributed by atoms with van der Waals surface area (Å²) in [5.74, 6) is -1.08. The summed E-state index contributed by atoms with van der Waals surface area (Å²) in [6.45, 7) is 3.51. The molecule has 0 unspecified atom stereocenters. The fourth-order valence-electron chi connectivity index (χ4n) is 2.95. The molecule has 1 N–H and O–H groups in total. The van der Waals surface area contributed by atoms with Crippen LogP contribution in [-0.4, -0.2) is 30.2 Å². The monoisotopic (exact) mass is 421 g/mol. The van der Waals surface area contributed by atoms with Crippen molar-refractivity contribution in [2.75, 3.05) is 11.9 Å². The van der Waals surface area contributed by atoms with E-state index in [4.69, 9.17) is 4.74 Å². The first-order valence-electron chi connectivity index (χ1n) is 9.59. The maximum absolute atomic E-state index is 12.8. The molecule has 0 spiro atoms. The van der Waals surface area contributed by atoms with Crippen LogP contribution >= 0.6 is 11.3 Å². The van der Waals surface area contributed by atoms with Crippen molar-refractivity contribution in [2.24, 2.45) is 0 Å². The summed E-state index contributed by atoms with van der Waals surface area (Å²) in [7, 11) is 0. The Morgan fingerprint density at radius 3 is 2.43 bits per heavy atom. The molecule has 1 heterocycles. The van der Waals surface area contributed by atoms with Crippen LogP contribution in [0.4, 0.5) is 5.69 Å². The number of benzene rings is 2. The topological polar surface area (TPSA) is 72.5 Å². The Balaban J connectivity index is 1.75. The van der Waals surface area contributed by atoms with Gasteiger partial charge >= 0.3 is 5.97 Å². The molecule has 6 heteroatoms. The largest absolute Gasteiger partial charge is 0.456 e. The Morgan fingerprint density at radius 1 is 0.967 bits per heavy atom. The predicted octanol–water partition coefficient (Wildman–Crippen LogP) is 4.84. The molecule has 154 valence electrons. The minimum Gasteiger partial charge on any atom is -0.456 e. The molecule has 30 heavy (non-hydrogen) atoms. The van der Waals surface area contributed by atoms with E-state index in [9.17, 15) is 14.4 Å². The van der Waals surface area contributed by atoms with E-state index in [1.807, 2.05) is 38.1 Å². The number of aryl methyl sites for hydroxylation is 2. The molecule has 0 aliphatic heterocycles. The summed E-state index contributed by atoms with van der Waals surface area (Å²) in [5.41, 5.74) is 3.24. The van der Waals surface area contributed by atoms with Gasteiger partial charge in [-0.3, -0.25) is 9.59 Å². The van der Waals surface area contributed by atoms with E-state index < -0.39 is 12.0 Å². The van der Waals surface area contributed by atoms with Gasteiger partial charge in [-0.05, 0) is 42.5 Å².